The summed E-state index contributed by atoms with van der Waals surface area (Å²) in [5.41, 5.74) is -0.0167. The molecule has 24 heavy (non-hydrogen) atoms. The predicted molar refractivity (Wildman–Crippen MR) is 80.8 cm³/mol. The maximum absolute atomic E-state index is 12.5. The number of carbonyl (C=O) groups is 1. The van der Waals surface area contributed by atoms with E-state index in [0.29, 0.717) is 18.9 Å². The van der Waals surface area contributed by atoms with Crippen molar-refractivity contribution < 1.29 is 22.7 Å². The number of hydrogen-bond acceptors (Lipinski definition) is 3. The Labute approximate surface area is 135 Å². The average molecular weight is 340 g/mol. The van der Waals surface area contributed by atoms with Gasteiger partial charge in [0.25, 0.3) is 0 Å². The first kappa shape index (κ1) is 16.3. The molecule has 3 rings (SSSR count). The van der Waals surface area contributed by atoms with Crippen LogP contribution in [0.4, 0.5) is 29.3 Å². The summed E-state index contributed by atoms with van der Waals surface area (Å²) in [6.07, 6.45) is -0.353. The van der Waals surface area contributed by atoms with Crippen molar-refractivity contribution in [2.24, 2.45) is 0 Å². The van der Waals surface area contributed by atoms with Gasteiger partial charge in [0.05, 0.1) is 30.1 Å². The second kappa shape index (κ2) is 6.52. The number of nitrogens with zero attached hydrogens (tertiary/aromatic N) is 2. The van der Waals surface area contributed by atoms with Crippen LogP contribution in [0.2, 0.25) is 0 Å². The fourth-order valence-electron chi connectivity index (χ4n) is 2.37. The quantitative estimate of drug-likeness (QED) is 0.898. The number of aromatic nitrogens is 2. The van der Waals surface area contributed by atoms with E-state index in [4.69, 9.17) is 4.74 Å². The Balaban J connectivity index is 1.57. The summed E-state index contributed by atoms with van der Waals surface area (Å²) >= 11 is 0. The molecule has 0 spiro atoms. The Bertz CT molecular complexity index is 706. The molecule has 1 atom stereocenters. The number of alkyl halides is 3. The standard InChI is InChI=1S/C15H15F3N4O2/c16-15(17,18)10-1-3-11(4-2-10)20-14(23)21-12-7-19-22(8-12)13-5-6-24-9-13/h1-4,7-8,13H,5-6,9H2,(H2,20,21,23)/t13-/m1/s1. The van der Waals surface area contributed by atoms with Gasteiger partial charge in [0.15, 0.2) is 0 Å². The summed E-state index contributed by atoms with van der Waals surface area (Å²) in [7, 11) is 0. The lowest BCUT2D eigenvalue weighted by molar-refractivity contribution is -0.137. The number of nitrogens with one attached hydrogen (secondary N) is 2. The fourth-order valence-corrected chi connectivity index (χ4v) is 2.37. The van der Waals surface area contributed by atoms with Crippen LogP contribution in [0, 0.1) is 0 Å². The van der Waals surface area contributed by atoms with Crippen LogP contribution < -0.4 is 10.6 Å². The van der Waals surface area contributed by atoms with Crippen LogP contribution in [0.1, 0.15) is 18.0 Å². The highest BCUT2D eigenvalue weighted by Gasteiger charge is 2.30. The Kier molecular flexibility index (Phi) is 4.43. The lowest BCUT2D eigenvalue weighted by Gasteiger charge is -2.09. The summed E-state index contributed by atoms with van der Waals surface area (Å²) in [5, 5.41) is 9.22. The Hall–Kier alpha value is -2.55. The van der Waals surface area contributed by atoms with Crippen molar-refractivity contribution in [2.75, 3.05) is 23.8 Å². The molecule has 6 nitrogen and oxygen atoms in total. The molecule has 0 saturated carbocycles. The number of amides is 2. The van der Waals surface area contributed by atoms with Gasteiger partial charge in [-0.2, -0.15) is 18.3 Å². The normalized spacial score (nSPS) is 17.7. The Morgan fingerprint density at radius 1 is 1.21 bits per heavy atom. The number of hydrogen-bond donors (Lipinski definition) is 2. The van der Waals surface area contributed by atoms with Crippen LogP contribution in [0.25, 0.3) is 0 Å². The number of halogens is 3. The summed E-state index contributed by atoms with van der Waals surface area (Å²) in [5.74, 6) is 0. The molecule has 9 heteroatoms. The SMILES string of the molecule is O=C(Nc1ccc(C(F)(F)F)cc1)Nc1cnn([C@@H]2CCOC2)c1. The van der Waals surface area contributed by atoms with E-state index in [1.54, 1.807) is 10.9 Å². The zero-order valence-electron chi connectivity index (χ0n) is 12.5. The van der Waals surface area contributed by atoms with Gasteiger partial charge >= 0.3 is 12.2 Å². The molecule has 1 fully saturated rings. The van der Waals surface area contributed by atoms with Gasteiger partial charge < -0.3 is 15.4 Å². The monoisotopic (exact) mass is 340 g/mol. The van der Waals surface area contributed by atoms with Crippen molar-refractivity contribution in [3.63, 3.8) is 0 Å². The largest absolute Gasteiger partial charge is 0.416 e. The molecular formula is C15H15F3N4O2. The molecule has 1 aliphatic rings. The Morgan fingerprint density at radius 3 is 2.54 bits per heavy atom. The van der Waals surface area contributed by atoms with Gasteiger partial charge in [0.1, 0.15) is 0 Å². The third-order valence-corrected chi connectivity index (χ3v) is 3.61. The maximum atomic E-state index is 12.5. The molecule has 1 saturated heterocycles. The Morgan fingerprint density at radius 2 is 1.92 bits per heavy atom. The minimum absolute atomic E-state index is 0.151. The third-order valence-electron chi connectivity index (χ3n) is 3.61. The van der Waals surface area contributed by atoms with Gasteiger partial charge in [-0.1, -0.05) is 0 Å². The van der Waals surface area contributed by atoms with Crippen molar-refractivity contribution in [3.8, 4) is 0 Å². The van der Waals surface area contributed by atoms with Crippen LogP contribution in [0.3, 0.4) is 0 Å². The van der Waals surface area contributed by atoms with Gasteiger partial charge in [-0.3, -0.25) is 4.68 Å². The molecular weight excluding hydrogens is 325 g/mol. The van der Waals surface area contributed by atoms with Gasteiger partial charge in [0, 0.05) is 18.5 Å². The van der Waals surface area contributed by atoms with E-state index in [2.05, 4.69) is 15.7 Å². The van der Waals surface area contributed by atoms with E-state index in [0.717, 1.165) is 18.6 Å². The molecule has 2 N–H and O–H groups in total. The summed E-state index contributed by atoms with van der Waals surface area (Å²) in [4.78, 5) is 11.9. The average Bonchev–Trinajstić information content (AvgIpc) is 3.17. The minimum atomic E-state index is -4.40. The van der Waals surface area contributed by atoms with Crippen molar-refractivity contribution in [3.05, 3.63) is 42.2 Å². The number of carbonyl (C=O) groups excluding carboxylic acids is 1. The minimum Gasteiger partial charge on any atom is -0.379 e. The van der Waals surface area contributed by atoms with Crippen LogP contribution >= 0.6 is 0 Å². The second-order valence-electron chi connectivity index (χ2n) is 5.38. The first-order valence-electron chi connectivity index (χ1n) is 7.29. The number of rotatable bonds is 3. The summed E-state index contributed by atoms with van der Waals surface area (Å²) in [6.45, 7) is 1.26. The van der Waals surface area contributed by atoms with E-state index in [-0.39, 0.29) is 11.7 Å². The van der Waals surface area contributed by atoms with E-state index < -0.39 is 17.8 Å². The molecule has 1 aromatic heterocycles. The topological polar surface area (TPSA) is 68.2 Å². The van der Waals surface area contributed by atoms with Gasteiger partial charge in [0.2, 0.25) is 0 Å². The molecule has 1 aromatic carbocycles. The predicted octanol–water partition coefficient (Wildman–Crippen LogP) is 3.51. The van der Waals surface area contributed by atoms with E-state index in [9.17, 15) is 18.0 Å². The van der Waals surface area contributed by atoms with E-state index >= 15 is 0 Å². The highest BCUT2D eigenvalue weighted by molar-refractivity contribution is 5.99. The zero-order valence-corrected chi connectivity index (χ0v) is 12.5. The highest BCUT2D eigenvalue weighted by atomic mass is 19.4. The third kappa shape index (κ3) is 3.85. The van der Waals surface area contributed by atoms with Crippen molar-refractivity contribution in [2.45, 2.75) is 18.6 Å². The lowest BCUT2D eigenvalue weighted by Crippen LogP contribution is -2.19. The maximum Gasteiger partial charge on any atom is 0.416 e. The molecule has 2 aromatic rings. The van der Waals surface area contributed by atoms with Crippen LogP contribution in [-0.2, 0) is 10.9 Å². The fraction of sp³-hybridized carbons (Fsp3) is 0.333. The molecule has 2 heterocycles. The van der Waals surface area contributed by atoms with Gasteiger partial charge in [-0.15, -0.1) is 0 Å². The second-order valence-corrected chi connectivity index (χ2v) is 5.38. The molecule has 1 aliphatic heterocycles. The smallest absolute Gasteiger partial charge is 0.379 e. The van der Waals surface area contributed by atoms with E-state index in [1.807, 2.05) is 0 Å². The summed E-state index contributed by atoms with van der Waals surface area (Å²) < 4.78 is 44.4. The summed E-state index contributed by atoms with van der Waals surface area (Å²) in [6, 6.07) is 3.81. The first-order chi connectivity index (χ1) is 11.4. The van der Waals surface area contributed by atoms with Crippen LogP contribution in [0.5, 0.6) is 0 Å². The molecule has 0 aliphatic carbocycles. The van der Waals surface area contributed by atoms with Gasteiger partial charge in [-0.25, -0.2) is 4.79 Å². The molecule has 0 unspecified atom stereocenters. The van der Waals surface area contributed by atoms with Crippen LogP contribution in [0.15, 0.2) is 36.7 Å². The number of urea groups is 1. The number of ether oxygens (including phenoxy) is 1. The van der Waals surface area contributed by atoms with Gasteiger partial charge in [-0.05, 0) is 30.7 Å². The van der Waals surface area contributed by atoms with Crippen molar-refractivity contribution in [1.29, 1.82) is 0 Å². The van der Waals surface area contributed by atoms with Crippen molar-refractivity contribution in [1.82, 2.24) is 9.78 Å². The van der Waals surface area contributed by atoms with Crippen molar-refractivity contribution >= 4 is 17.4 Å². The first-order valence-corrected chi connectivity index (χ1v) is 7.29. The van der Waals surface area contributed by atoms with E-state index in [1.165, 1.54) is 18.3 Å². The lowest BCUT2D eigenvalue weighted by atomic mass is 10.2. The zero-order chi connectivity index (χ0) is 17.2. The number of benzene rings is 1. The van der Waals surface area contributed by atoms with Crippen LogP contribution in [-0.4, -0.2) is 29.0 Å². The molecule has 0 bridgehead atoms. The highest BCUT2D eigenvalue weighted by Crippen LogP contribution is 2.29. The molecule has 2 amide bonds. The molecule has 128 valence electrons. The number of anilines is 2. The molecule has 0 radical (unpaired) electrons.